The van der Waals surface area contributed by atoms with Gasteiger partial charge in [-0.25, -0.2) is 0 Å². The van der Waals surface area contributed by atoms with Gasteiger partial charge < -0.3 is 0 Å². The third-order valence-corrected chi connectivity index (χ3v) is 1.75. The van der Waals surface area contributed by atoms with Gasteiger partial charge in [0.05, 0.1) is 0 Å². The number of aryl methyl sites for hydroxylation is 1. The summed E-state index contributed by atoms with van der Waals surface area (Å²) in [4.78, 5) is 0. The number of hydrogen-bond donors (Lipinski definition) is 1. The lowest BCUT2D eigenvalue weighted by Gasteiger charge is -1.97. The van der Waals surface area contributed by atoms with Gasteiger partial charge in [-0.1, -0.05) is 64.1 Å². The van der Waals surface area contributed by atoms with E-state index in [9.17, 15) is 0 Å². The zero-order valence-corrected chi connectivity index (χ0v) is 11.3. The number of rotatable bonds is 3. The van der Waals surface area contributed by atoms with Crippen molar-refractivity contribution in [3.05, 3.63) is 42.0 Å². The Hall–Kier alpha value is -0.690. The van der Waals surface area contributed by atoms with Crippen LogP contribution in [0.5, 0.6) is 0 Å². The van der Waals surface area contributed by atoms with Gasteiger partial charge in [0.25, 0.3) is 0 Å². The minimum Gasteiger partial charge on any atom is -0.183 e. The lowest BCUT2D eigenvalue weighted by atomic mass is 10.1. The summed E-state index contributed by atoms with van der Waals surface area (Å²) in [7, 11) is 0. The van der Waals surface area contributed by atoms with E-state index in [1.807, 2.05) is 19.9 Å². The van der Waals surface area contributed by atoms with E-state index >= 15 is 0 Å². The van der Waals surface area contributed by atoms with E-state index in [2.05, 4.69) is 50.4 Å². The molecule has 0 N–H and O–H groups in total. The molecule has 0 bridgehead atoms. The molecule has 0 unspecified atom stereocenters. The molecule has 0 aliphatic heterocycles. The number of hydrogen-bond acceptors (Lipinski definition) is 1. The Morgan fingerprint density at radius 2 is 1.60 bits per heavy atom. The molecule has 0 saturated carbocycles. The van der Waals surface area contributed by atoms with Crippen molar-refractivity contribution in [3.63, 3.8) is 0 Å². The van der Waals surface area contributed by atoms with Gasteiger partial charge in [0.1, 0.15) is 0 Å². The summed E-state index contributed by atoms with van der Waals surface area (Å²) in [5.41, 5.74) is 2.61. The summed E-state index contributed by atoms with van der Waals surface area (Å²) in [5, 5.41) is 0. The zero-order chi connectivity index (χ0) is 12.1. The van der Waals surface area contributed by atoms with Crippen molar-refractivity contribution in [2.75, 3.05) is 6.26 Å². The molecular weight excluding hydrogens is 200 g/mol. The predicted octanol–water partition coefficient (Wildman–Crippen LogP) is 4.85. The second-order valence-electron chi connectivity index (χ2n) is 2.70. The van der Waals surface area contributed by atoms with Crippen molar-refractivity contribution < 1.29 is 0 Å². The van der Waals surface area contributed by atoms with Crippen molar-refractivity contribution in [1.29, 1.82) is 0 Å². The minimum absolute atomic E-state index is 1.18. The quantitative estimate of drug-likeness (QED) is 0.697. The maximum Gasteiger partial charge on any atom is -0.0215 e. The van der Waals surface area contributed by atoms with Crippen molar-refractivity contribution in [3.8, 4) is 0 Å². The molecule has 0 aliphatic rings. The summed E-state index contributed by atoms with van der Waals surface area (Å²) < 4.78 is 0. The first kappa shape index (κ1) is 16.7. The molecule has 0 fully saturated rings. The summed E-state index contributed by atoms with van der Waals surface area (Å²) in [6.07, 6.45) is 5.96. The fraction of sp³-hybridized carbons (Fsp3) is 0.429. The van der Waals surface area contributed by atoms with Crippen molar-refractivity contribution in [2.45, 2.75) is 33.6 Å². The van der Waals surface area contributed by atoms with Crippen LogP contribution >= 0.6 is 12.6 Å². The van der Waals surface area contributed by atoms with Gasteiger partial charge in [0.15, 0.2) is 0 Å². The van der Waals surface area contributed by atoms with E-state index in [1.165, 1.54) is 24.0 Å². The molecule has 15 heavy (non-hydrogen) atoms. The Morgan fingerprint density at radius 1 is 1.13 bits per heavy atom. The highest BCUT2D eigenvalue weighted by molar-refractivity contribution is 7.79. The molecule has 0 aliphatic carbocycles. The lowest BCUT2D eigenvalue weighted by molar-refractivity contribution is 0.922. The highest BCUT2D eigenvalue weighted by Gasteiger charge is 1.89. The van der Waals surface area contributed by atoms with E-state index in [1.54, 1.807) is 6.26 Å². The van der Waals surface area contributed by atoms with Crippen LogP contribution in [0.3, 0.4) is 0 Å². The van der Waals surface area contributed by atoms with Gasteiger partial charge >= 0.3 is 0 Å². The Bertz CT molecular complexity index is 224. The molecule has 0 aromatic heterocycles. The van der Waals surface area contributed by atoms with Crippen LogP contribution < -0.4 is 0 Å². The first-order valence-corrected chi connectivity index (χ1v) is 6.42. The van der Waals surface area contributed by atoms with Crippen LogP contribution in [0, 0.1) is 0 Å². The minimum atomic E-state index is 1.18. The normalized spacial score (nSPS) is 7.80. The van der Waals surface area contributed by atoms with Crippen molar-refractivity contribution in [1.82, 2.24) is 0 Å². The fourth-order valence-corrected chi connectivity index (χ4v) is 1.11. The highest BCUT2D eigenvalue weighted by atomic mass is 32.1. The maximum absolute atomic E-state index is 3.71. The largest absolute Gasteiger partial charge is 0.183 e. The Morgan fingerprint density at radius 3 is 1.93 bits per heavy atom. The van der Waals surface area contributed by atoms with E-state index in [4.69, 9.17) is 0 Å². The first-order chi connectivity index (χ1) is 7.36. The average molecular weight is 224 g/mol. The van der Waals surface area contributed by atoms with Gasteiger partial charge in [0.2, 0.25) is 0 Å². The molecule has 0 saturated heterocycles. The number of thiol groups is 1. The van der Waals surface area contributed by atoms with Gasteiger partial charge in [-0.3, -0.25) is 0 Å². The summed E-state index contributed by atoms with van der Waals surface area (Å²) in [6.45, 7) is 9.90. The first-order valence-electron chi connectivity index (χ1n) is 5.53. The van der Waals surface area contributed by atoms with Crippen molar-refractivity contribution >= 4 is 18.7 Å². The highest BCUT2D eigenvalue weighted by Crippen LogP contribution is 2.06. The van der Waals surface area contributed by atoms with E-state index in [0.717, 1.165) is 0 Å². The molecule has 0 atom stereocenters. The third-order valence-electron chi connectivity index (χ3n) is 1.75. The fourth-order valence-electron chi connectivity index (χ4n) is 1.11. The van der Waals surface area contributed by atoms with Crippen LogP contribution in [0.2, 0.25) is 0 Å². The molecule has 86 valence electrons. The SMILES string of the molecule is C=Cc1ccc(CCC)cc1.CC.CS. The second kappa shape index (κ2) is 13.3. The van der Waals surface area contributed by atoms with Crippen LogP contribution in [0.4, 0.5) is 0 Å². The van der Waals surface area contributed by atoms with Crippen LogP contribution in [0.1, 0.15) is 38.3 Å². The summed E-state index contributed by atoms with van der Waals surface area (Å²) in [6, 6.07) is 8.55. The second-order valence-corrected chi connectivity index (χ2v) is 2.70. The van der Waals surface area contributed by atoms with Gasteiger partial charge in [0, 0.05) is 0 Å². The van der Waals surface area contributed by atoms with E-state index in [-0.39, 0.29) is 0 Å². The topological polar surface area (TPSA) is 0 Å². The molecule has 1 heteroatoms. The van der Waals surface area contributed by atoms with Crippen LogP contribution in [0.15, 0.2) is 30.8 Å². The average Bonchev–Trinajstić information content (AvgIpc) is 2.36. The van der Waals surface area contributed by atoms with Crippen molar-refractivity contribution in [2.24, 2.45) is 0 Å². The summed E-state index contributed by atoms with van der Waals surface area (Å²) in [5.74, 6) is 0. The standard InChI is InChI=1S/C11H14.C2H6.CH4S/c1-3-5-11-8-6-10(4-2)7-9-11;2*1-2/h4,6-9H,2-3,5H2,1H3;1-2H3;2H,1H3. The van der Waals surface area contributed by atoms with Crippen LogP contribution in [0.25, 0.3) is 6.08 Å². The smallest absolute Gasteiger partial charge is 0.0215 e. The molecule has 1 rings (SSSR count). The van der Waals surface area contributed by atoms with Crippen LogP contribution in [-0.2, 0) is 6.42 Å². The zero-order valence-electron chi connectivity index (χ0n) is 10.5. The Labute approximate surface area is 101 Å². The number of benzene rings is 1. The molecule has 0 radical (unpaired) electrons. The molecule has 0 nitrogen and oxygen atoms in total. The molecule has 0 amide bonds. The third kappa shape index (κ3) is 8.31. The van der Waals surface area contributed by atoms with Gasteiger partial charge in [-0.05, 0) is 23.8 Å². The van der Waals surface area contributed by atoms with E-state index in [0.29, 0.717) is 0 Å². The Balaban J connectivity index is 0. The van der Waals surface area contributed by atoms with Gasteiger partial charge in [-0.15, -0.1) is 0 Å². The van der Waals surface area contributed by atoms with E-state index < -0.39 is 0 Å². The summed E-state index contributed by atoms with van der Waals surface area (Å²) >= 11 is 3.53. The molecule has 1 aromatic rings. The molecule has 0 spiro atoms. The predicted molar refractivity (Wildman–Crippen MR) is 76.8 cm³/mol. The van der Waals surface area contributed by atoms with Crippen LogP contribution in [-0.4, -0.2) is 6.26 Å². The maximum atomic E-state index is 3.71. The molecular formula is C14H24S. The molecule has 1 aromatic carbocycles. The van der Waals surface area contributed by atoms with Gasteiger partial charge in [-0.2, -0.15) is 12.6 Å². The Kier molecular flexibility index (Phi) is 14.8. The molecule has 0 heterocycles. The monoisotopic (exact) mass is 224 g/mol. The lowest BCUT2D eigenvalue weighted by Crippen LogP contribution is -1.81.